The van der Waals surface area contributed by atoms with E-state index in [1.165, 1.54) is 12.1 Å². The number of fused-ring (bicyclic) bond motifs is 1. The van der Waals surface area contributed by atoms with Crippen molar-refractivity contribution in [2.45, 2.75) is 18.6 Å². The molecule has 13 heavy (non-hydrogen) atoms. The van der Waals surface area contributed by atoms with E-state index < -0.39 is 5.79 Å². The van der Waals surface area contributed by atoms with Crippen LogP contribution in [-0.4, -0.2) is 26.2 Å². The Kier molecular flexibility index (Phi) is 1.52. The number of phenols is 2. The number of aromatic hydroxyl groups is 2. The van der Waals surface area contributed by atoms with Crippen LogP contribution in [0.1, 0.15) is 11.1 Å². The topological polar surface area (TPSA) is 80.9 Å². The highest BCUT2D eigenvalue weighted by Crippen LogP contribution is 2.39. The Bertz CT molecular complexity index is 324. The maximum Gasteiger partial charge on any atom is 0.171 e. The molecular formula is C9H10O4. The molecule has 4 N–H and O–H groups in total. The third-order valence-electron chi connectivity index (χ3n) is 2.30. The number of phenolic OH excluding ortho intramolecular Hbond substituents is 2. The van der Waals surface area contributed by atoms with Gasteiger partial charge in [0, 0.05) is 24.0 Å². The predicted octanol–water partition coefficient (Wildman–Crippen LogP) is -0.123. The minimum absolute atomic E-state index is 0.00206. The molecule has 0 aromatic heterocycles. The van der Waals surface area contributed by atoms with E-state index in [1.54, 1.807) is 0 Å². The largest absolute Gasteiger partial charge is 0.508 e. The van der Waals surface area contributed by atoms with Crippen LogP contribution in [0.5, 0.6) is 11.5 Å². The summed E-state index contributed by atoms with van der Waals surface area (Å²) < 4.78 is 0. The van der Waals surface area contributed by atoms with Crippen LogP contribution in [0.4, 0.5) is 0 Å². The Morgan fingerprint density at radius 1 is 0.923 bits per heavy atom. The minimum Gasteiger partial charge on any atom is -0.508 e. The summed E-state index contributed by atoms with van der Waals surface area (Å²) in [6, 6.07) is 2.69. The fourth-order valence-electron chi connectivity index (χ4n) is 1.69. The summed E-state index contributed by atoms with van der Waals surface area (Å²) >= 11 is 0. The van der Waals surface area contributed by atoms with E-state index in [1.807, 2.05) is 0 Å². The van der Waals surface area contributed by atoms with Gasteiger partial charge in [-0.25, -0.2) is 0 Å². The third-order valence-corrected chi connectivity index (χ3v) is 2.30. The molecule has 0 aliphatic heterocycles. The average Bonchev–Trinajstić information content (AvgIpc) is 2.35. The number of rotatable bonds is 0. The van der Waals surface area contributed by atoms with Crippen molar-refractivity contribution in [3.63, 3.8) is 0 Å². The van der Waals surface area contributed by atoms with Crippen LogP contribution in [-0.2, 0) is 12.8 Å². The van der Waals surface area contributed by atoms with E-state index in [2.05, 4.69) is 0 Å². The molecule has 0 saturated heterocycles. The average molecular weight is 182 g/mol. The molecule has 0 radical (unpaired) electrons. The second-order valence-corrected chi connectivity index (χ2v) is 3.40. The zero-order valence-electron chi connectivity index (χ0n) is 6.86. The molecule has 0 fully saturated rings. The number of hydrogen-bond acceptors (Lipinski definition) is 4. The van der Waals surface area contributed by atoms with Gasteiger partial charge in [-0.15, -0.1) is 0 Å². The van der Waals surface area contributed by atoms with Crippen molar-refractivity contribution in [2.24, 2.45) is 0 Å². The van der Waals surface area contributed by atoms with Crippen molar-refractivity contribution in [3.05, 3.63) is 23.3 Å². The SMILES string of the molecule is Oc1ccc(O)c2c1CC(O)(O)C2. The highest BCUT2D eigenvalue weighted by molar-refractivity contribution is 5.51. The molecule has 0 unspecified atom stereocenters. The minimum atomic E-state index is -1.83. The Balaban J connectivity index is 2.56. The van der Waals surface area contributed by atoms with Crippen LogP contribution < -0.4 is 0 Å². The molecule has 1 aromatic carbocycles. The van der Waals surface area contributed by atoms with E-state index in [0.29, 0.717) is 11.1 Å². The summed E-state index contributed by atoms with van der Waals surface area (Å²) in [5.74, 6) is -1.84. The molecule has 4 nitrogen and oxygen atoms in total. The van der Waals surface area contributed by atoms with Gasteiger partial charge in [-0.3, -0.25) is 0 Å². The first-order valence-electron chi connectivity index (χ1n) is 3.97. The molecule has 1 aliphatic rings. The number of benzene rings is 1. The lowest BCUT2D eigenvalue weighted by molar-refractivity contribution is -0.150. The maximum atomic E-state index is 9.35. The molecule has 1 aromatic rings. The predicted molar refractivity (Wildman–Crippen MR) is 44.3 cm³/mol. The molecule has 70 valence electrons. The van der Waals surface area contributed by atoms with E-state index in [-0.39, 0.29) is 24.3 Å². The zero-order chi connectivity index (χ0) is 9.64. The summed E-state index contributed by atoms with van der Waals surface area (Å²) in [5, 5.41) is 37.3. The molecule has 2 rings (SSSR count). The first kappa shape index (κ1) is 8.34. The van der Waals surface area contributed by atoms with Gasteiger partial charge in [0.1, 0.15) is 11.5 Å². The van der Waals surface area contributed by atoms with Gasteiger partial charge in [0.15, 0.2) is 5.79 Å². The lowest BCUT2D eigenvalue weighted by Gasteiger charge is -2.12. The molecule has 0 atom stereocenters. The van der Waals surface area contributed by atoms with Gasteiger partial charge in [-0.05, 0) is 12.1 Å². The molecule has 0 heterocycles. The molecule has 0 amide bonds. The van der Waals surface area contributed by atoms with Crippen molar-refractivity contribution in [1.29, 1.82) is 0 Å². The van der Waals surface area contributed by atoms with Crippen molar-refractivity contribution < 1.29 is 20.4 Å². The van der Waals surface area contributed by atoms with Crippen molar-refractivity contribution in [1.82, 2.24) is 0 Å². The Morgan fingerprint density at radius 3 is 1.69 bits per heavy atom. The first-order chi connectivity index (χ1) is 5.99. The lowest BCUT2D eigenvalue weighted by Crippen LogP contribution is -2.27. The van der Waals surface area contributed by atoms with E-state index in [0.717, 1.165) is 0 Å². The Morgan fingerprint density at radius 2 is 1.31 bits per heavy atom. The molecular weight excluding hydrogens is 172 g/mol. The van der Waals surface area contributed by atoms with Crippen LogP contribution >= 0.6 is 0 Å². The highest BCUT2D eigenvalue weighted by Gasteiger charge is 2.36. The summed E-state index contributed by atoms with van der Waals surface area (Å²) in [6.45, 7) is 0. The van der Waals surface area contributed by atoms with Crippen molar-refractivity contribution >= 4 is 0 Å². The summed E-state index contributed by atoms with van der Waals surface area (Å²) in [6.07, 6.45) is -0.0782. The normalized spacial score (nSPS) is 18.6. The van der Waals surface area contributed by atoms with Crippen molar-refractivity contribution in [3.8, 4) is 11.5 Å². The smallest absolute Gasteiger partial charge is 0.171 e. The van der Waals surface area contributed by atoms with Gasteiger partial charge >= 0.3 is 0 Å². The van der Waals surface area contributed by atoms with Crippen LogP contribution in [0.15, 0.2) is 12.1 Å². The standard InChI is InChI=1S/C9H10O4/c10-7-1-2-8(11)6-4-9(12,13)3-5(6)7/h1-2,10-13H,3-4H2. The van der Waals surface area contributed by atoms with Crippen LogP contribution in [0, 0.1) is 0 Å². The molecule has 1 aliphatic carbocycles. The highest BCUT2D eigenvalue weighted by atomic mass is 16.5. The number of aliphatic hydroxyl groups is 2. The molecule has 0 spiro atoms. The summed E-state index contributed by atoms with van der Waals surface area (Å²) in [4.78, 5) is 0. The zero-order valence-corrected chi connectivity index (χ0v) is 6.86. The van der Waals surface area contributed by atoms with Gasteiger partial charge in [-0.1, -0.05) is 0 Å². The quantitative estimate of drug-likeness (QED) is 0.333. The fraction of sp³-hybridized carbons (Fsp3) is 0.333. The third kappa shape index (κ3) is 1.24. The van der Waals surface area contributed by atoms with Crippen LogP contribution in [0.25, 0.3) is 0 Å². The maximum absolute atomic E-state index is 9.35. The second kappa shape index (κ2) is 2.37. The van der Waals surface area contributed by atoms with Gasteiger partial charge in [0.05, 0.1) is 0 Å². The van der Waals surface area contributed by atoms with Crippen molar-refractivity contribution in [2.75, 3.05) is 0 Å². The van der Waals surface area contributed by atoms with Gasteiger partial charge in [0.2, 0.25) is 0 Å². The first-order valence-corrected chi connectivity index (χ1v) is 3.97. The van der Waals surface area contributed by atoms with E-state index in [9.17, 15) is 20.4 Å². The Labute approximate surface area is 74.7 Å². The fourth-order valence-corrected chi connectivity index (χ4v) is 1.69. The van der Waals surface area contributed by atoms with Crippen LogP contribution in [0.3, 0.4) is 0 Å². The Hall–Kier alpha value is -1.26. The number of hydrogen-bond donors (Lipinski definition) is 4. The van der Waals surface area contributed by atoms with Gasteiger partial charge in [0.25, 0.3) is 0 Å². The molecule has 4 heteroatoms. The van der Waals surface area contributed by atoms with Crippen LogP contribution in [0.2, 0.25) is 0 Å². The van der Waals surface area contributed by atoms with Gasteiger partial charge in [-0.2, -0.15) is 0 Å². The summed E-state index contributed by atoms with van der Waals surface area (Å²) in [7, 11) is 0. The summed E-state index contributed by atoms with van der Waals surface area (Å²) in [5.41, 5.74) is 0.843. The van der Waals surface area contributed by atoms with Gasteiger partial charge < -0.3 is 20.4 Å². The second-order valence-electron chi connectivity index (χ2n) is 3.40. The monoisotopic (exact) mass is 182 g/mol. The van der Waals surface area contributed by atoms with E-state index >= 15 is 0 Å². The molecule has 0 bridgehead atoms. The molecule has 0 saturated carbocycles. The lowest BCUT2D eigenvalue weighted by atomic mass is 10.1. The van der Waals surface area contributed by atoms with E-state index in [4.69, 9.17) is 0 Å².